The average Bonchev–Trinajstić information content (AvgIpc) is 0.760. The van der Waals surface area contributed by atoms with Gasteiger partial charge in [-0.15, -0.1) is 13.2 Å². The van der Waals surface area contributed by atoms with Crippen molar-refractivity contribution >= 4 is 82.1 Å². The number of nitrogens with one attached hydrogen (secondary N) is 10. The topological polar surface area (TPSA) is 635 Å². The molecular weight excluding hydrogens is 1880 g/mol. The van der Waals surface area contributed by atoms with Gasteiger partial charge in [0.25, 0.3) is 5.91 Å². The van der Waals surface area contributed by atoms with E-state index < -0.39 is 291 Å². The number of ether oxygens (including phenoxy) is 9. The third kappa shape index (κ3) is 24.7. The summed E-state index contributed by atoms with van der Waals surface area (Å²) in [4.78, 5) is 138. The minimum Gasteiger partial charge on any atom is -0.508 e. The SMILES string of the molecule is CN[C@H](CC(C)C)C(=O)NC1C(=O)N[C@H](CC(N)=O)C(=O)N[C@H]2C(=O)N[C@H]3C(=O)N[C@H](C(=O)N[C@@H](C(=O)NCCCN(C)C)c4cc(O)cc(O)c4-c4cc3ccc4O)[C@H](O[C@H]3C[C@](C)(N)[C@@H](O)[C@H](C)O3)c3ccc(c(Cl)c3)Oc3cc2cc(c3O[C@@H]2O[C@H](CO)[C@@H](O[C@@H]3O[C@H](CNCc4cccc(NC(=O)c5cccc(OC(F)(F)F)c5)c4)[C@H](O)[C@H](O)[C@H]3O)[C@H](O)[C@H]2O)Oc2ccc(cc2Cl)[C@H]1O. The zero-order chi connectivity index (χ0) is 101. The second-order valence-electron chi connectivity index (χ2n) is 35.3. The molecule has 0 spiro atoms. The molecule has 3 fully saturated rings. The summed E-state index contributed by atoms with van der Waals surface area (Å²) in [6.07, 6.45) is -34.8. The number of amides is 9. The number of aromatic hydroxyl groups is 3. The van der Waals surface area contributed by atoms with E-state index in [0.717, 1.165) is 72.8 Å². The van der Waals surface area contributed by atoms with E-state index in [2.05, 4.69) is 57.9 Å². The molecule has 23 atom stereocenters. The number of benzene rings is 7. The smallest absolute Gasteiger partial charge is 0.508 e. The highest BCUT2D eigenvalue weighted by molar-refractivity contribution is 6.32. The summed E-state index contributed by atoms with van der Waals surface area (Å²) in [6, 6.07) is 10.1. The standard InChI is InChI=1S/C92H108Cl2F3N13O29/c1-38(2)23-53(100-5)82(124)108-69-71(116)42-16-19-57(51(93)27-42)132-59-29-45-30-60(78(59)137-90-76(121)74(119)79(62(37-111)135-90)138-89-75(120)73(118)72(117)61(134-89)36-101-35-40-11-8-13-46(24-40)103-81(123)44-12-9-14-48(25-44)139-92(95,96)97)133-58-20-17-43(28-52(58)94)77(136-64-34-91(4,99)80(122)39(3)131-64)70-88(130)107-68(84(126)102-21-10-22-110(6)7)50-31-47(112)32-56(114)65(50)49-26-41(15-18-55(49)113)66(85(127)109-70)106-86(128)67(45)105-83(125)54(33-63(98)115)104-87(69)129/h8-9,11-20,24-32,38-39,53-54,61-62,64,66-77,79-80,89-90,100-101,111-114,116-122H,10,21-23,33-37,99H2,1-7H3,(H2,98,115)(H,102,126)(H,103,123)(H,104,129)(H,105,125)(H,106,128)(H,107,130)(H,108,124)(H,109,127)/t39-,53+,54+,61+,62+,64-,66+,67+,68+,69?,70-,71+,72-,73-,74+,75+,76+,77+,79+,80-,89-,90-,91-/m0/s1. The predicted octanol–water partition coefficient (Wildman–Crippen LogP) is 1.86. The second kappa shape index (κ2) is 44.3. The van der Waals surface area contributed by atoms with Gasteiger partial charge in [0.1, 0.15) is 132 Å². The van der Waals surface area contributed by atoms with E-state index in [4.69, 9.17) is 72.6 Å². The number of likely N-dealkylation sites (N-methyl/N-ethyl adjacent to an activating group) is 1. The molecule has 8 heterocycles. The van der Waals surface area contributed by atoms with Gasteiger partial charge >= 0.3 is 6.36 Å². The Labute approximate surface area is 801 Å². The number of nitrogens with zero attached hydrogens (tertiary/aromatic N) is 1. The van der Waals surface area contributed by atoms with E-state index in [-0.39, 0.29) is 71.9 Å². The number of carbonyl (C=O) groups excluding carboxylic acids is 9. The molecule has 25 N–H and O–H groups in total. The Morgan fingerprint density at radius 3 is 1.98 bits per heavy atom. The van der Waals surface area contributed by atoms with Gasteiger partial charge in [0, 0.05) is 60.0 Å². The molecule has 8 aliphatic rings. The highest BCUT2D eigenvalue weighted by atomic mass is 35.5. The number of halogens is 5. The number of fused-ring (bicyclic) bond motifs is 15. The lowest BCUT2D eigenvalue weighted by Gasteiger charge is -2.46. The molecule has 750 valence electrons. The quantitative estimate of drug-likeness (QED) is 0.0344. The Bertz CT molecular complexity index is 5720. The molecule has 3 saturated heterocycles. The largest absolute Gasteiger partial charge is 0.573 e. The average molecular weight is 1990 g/mol. The van der Waals surface area contributed by atoms with Crippen molar-refractivity contribution in [1.82, 2.24) is 52.8 Å². The van der Waals surface area contributed by atoms with E-state index in [1.807, 2.05) is 4.90 Å². The first kappa shape index (κ1) is 104. The molecule has 7 aromatic carbocycles. The van der Waals surface area contributed by atoms with Crippen LogP contribution in [0.3, 0.4) is 0 Å². The van der Waals surface area contributed by atoms with Crippen molar-refractivity contribution in [2.24, 2.45) is 17.4 Å². The highest BCUT2D eigenvalue weighted by Crippen LogP contribution is 2.51. The fourth-order valence-electron chi connectivity index (χ4n) is 16.9. The third-order valence-corrected chi connectivity index (χ3v) is 24.6. The van der Waals surface area contributed by atoms with Crippen molar-refractivity contribution < 1.29 is 155 Å². The van der Waals surface area contributed by atoms with Crippen LogP contribution in [-0.4, -0.2) is 278 Å². The first-order valence-corrected chi connectivity index (χ1v) is 44.8. The van der Waals surface area contributed by atoms with Crippen molar-refractivity contribution in [3.8, 4) is 62.9 Å². The van der Waals surface area contributed by atoms with Crippen molar-refractivity contribution in [1.29, 1.82) is 0 Å². The van der Waals surface area contributed by atoms with Crippen molar-refractivity contribution in [3.05, 3.63) is 176 Å². The van der Waals surface area contributed by atoms with Gasteiger partial charge < -0.3 is 168 Å². The maximum Gasteiger partial charge on any atom is 0.573 e. The molecule has 47 heteroatoms. The molecule has 0 aliphatic carbocycles. The summed E-state index contributed by atoms with van der Waals surface area (Å²) >= 11 is 14.6. The Balaban J connectivity index is 0.938. The summed E-state index contributed by atoms with van der Waals surface area (Å²) < 4.78 is 94.6. The number of primary amides is 1. The lowest BCUT2D eigenvalue weighted by molar-refractivity contribution is -0.350. The third-order valence-electron chi connectivity index (χ3n) is 24.0. The van der Waals surface area contributed by atoms with Crippen LogP contribution in [0.1, 0.15) is 127 Å². The number of phenols is 3. The van der Waals surface area contributed by atoms with Gasteiger partial charge in [-0.25, -0.2) is 0 Å². The number of alkyl halides is 3. The Kier molecular flexibility index (Phi) is 33.2. The Morgan fingerprint density at radius 1 is 0.676 bits per heavy atom. The molecule has 9 amide bonds. The maximum absolute atomic E-state index is 16.6. The van der Waals surface area contributed by atoms with Crippen LogP contribution >= 0.6 is 23.2 Å². The monoisotopic (exact) mass is 1990 g/mol. The Morgan fingerprint density at radius 2 is 1.32 bits per heavy atom. The molecule has 15 rings (SSSR count). The van der Waals surface area contributed by atoms with E-state index >= 15 is 28.8 Å². The number of anilines is 1. The van der Waals surface area contributed by atoms with Gasteiger partial charge in [0.2, 0.25) is 59.3 Å². The number of nitrogens with two attached hydrogens (primary N) is 2. The maximum atomic E-state index is 16.6. The number of phenolic OH excluding ortho intramolecular Hbond substituents is 3. The predicted molar refractivity (Wildman–Crippen MR) is 483 cm³/mol. The number of rotatable bonds is 26. The van der Waals surface area contributed by atoms with Crippen LogP contribution in [0.4, 0.5) is 18.9 Å². The number of carbonyl (C=O) groups is 9. The number of hydrogen-bond acceptors (Lipinski definition) is 33. The van der Waals surface area contributed by atoms with Gasteiger partial charge in [0.05, 0.1) is 41.3 Å². The van der Waals surface area contributed by atoms with E-state index in [1.54, 1.807) is 40.1 Å². The highest BCUT2D eigenvalue weighted by Gasteiger charge is 2.54. The van der Waals surface area contributed by atoms with Crippen LogP contribution in [0.5, 0.6) is 51.7 Å². The summed E-state index contributed by atoms with van der Waals surface area (Å²) in [5, 5.41) is 156. The first-order chi connectivity index (χ1) is 65.7. The molecule has 1 unspecified atom stereocenters. The van der Waals surface area contributed by atoms with Gasteiger partial charge in [-0.05, 0) is 179 Å². The zero-order valence-corrected chi connectivity index (χ0v) is 77.0. The zero-order valence-electron chi connectivity index (χ0n) is 75.5. The lowest BCUT2D eigenvalue weighted by Crippen LogP contribution is -2.65. The molecule has 0 radical (unpaired) electrons. The van der Waals surface area contributed by atoms with Crippen LogP contribution in [0.25, 0.3) is 11.1 Å². The summed E-state index contributed by atoms with van der Waals surface area (Å²) in [7, 11) is 5.01. The van der Waals surface area contributed by atoms with Gasteiger partial charge in [0.15, 0.2) is 24.1 Å². The van der Waals surface area contributed by atoms with Gasteiger partial charge in [-0.3, -0.25) is 43.2 Å². The van der Waals surface area contributed by atoms with Crippen molar-refractivity contribution in [2.75, 3.05) is 52.7 Å². The summed E-state index contributed by atoms with van der Waals surface area (Å²) in [5.41, 5.74) is 9.01. The molecule has 139 heavy (non-hydrogen) atoms. The van der Waals surface area contributed by atoms with Crippen LogP contribution in [-0.2, 0) is 68.6 Å². The normalized spacial score (nSPS) is 28.0. The minimum atomic E-state index is -5.03. The van der Waals surface area contributed by atoms with Gasteiger partial charge in [-0.2, -0.15) is 0 Å². The second-order valence-corrected chi connectivity index (χ2v) is 36.1. The van der Waals surface area contributed by atoms with Crippen LogP contribution in [0.15, 0.2) is 127 Å². The number of hydrogen-bond donors (Lipinski definition) is 23. The lowest BCUT2D eigenvalue weighted by atomic mass is 9.86. The first-order valence-electron chi connectivity index (χ1n) is 44.0. The van der Waals surface area contributed by atoms with E-state index in [1.165, 1.54) is 63.4 Å². The molecule has 7 aromatic rings. The molecular formula is C92H108Cl2F3N13O29. The van der Waals surface area contributed by atoms with E-state index in [0.29, 0.717) is 18.5 Å². The van der Waals surface area contributed by atoms with Crippen molar-refractivity contribution in [2.45, 2.75) is 206 Å². The Hall–Kier alpha value is -11.9. The molecule has 11 bridgehead atoms. The van der Waals surface area contributed by atoms with E-state index in [9.17, 15) is 83.7 Å². The van der Waals surface area contributed by atoms with Crippen LogP contribution < -0.4 is 83.6 Å². The minimum absolute atomic E-state index is 0.0503. The fourth-order valence-corrected chi connectivity index (χ4v) is 17.3. The molecule has 0 aromatic heterocycles. The fraction of sp³-hybridized carbons (Fsp3) is 0.446. The molecule has 8 aliphatic heterocycles. The summed E-state index contributed by atoms with van der Waals surface area (Å²) in [6.45, 7) is 5.36. The molecule has 42 nitrogen and oxygen atoms in total. The number of aliphatic hydroxyl groups excluding tert-OH is 8. The number of aliphatic hydroxyl groups is 8. The van der Waals surface area contributed by atoms with Gasteiger partial charge in [-0.1, -0.05) is 73.4 Å². The van der Waals surface area contributed by atoms with Crippen LogP contribution in [0, 0.1) is 5.92 Å². The summed E-state index contributed by atoms with van der Waals surface area (Å²) in [5.74, 6) is -17.1. The molecule has 0 saturated carbocycles. The van der Waals surface area contributed by atoms with Crippen LogP contribution in [0.2, 0.25) is 10.0 Å². The van der Waals surface area contributed by atoms with Crippen molar-refractivity contribution in [3.63, 3.8) is 0 Å².